The molecular formula is C11H19NO5S. The summed E-state index contributed by atoms with van der Waals surface area (Å²) in [6, 6.07) is 1.05. The molecule has 0 bridgehead atoms. The minimum atomic E-state index is -3.65. The molecule has 2 N–H and O–H groups in total. The second-order valence-electron chi connectivity index (χ2n) is 3.97. The first-order valence-electron chi connectivity index (χ1n) is 5.66. The van der Waals surface area contributed by atoms with Crippen LogP contribution in [-0.4, -0.2) is 33.3 Å². The maximum absolute atomic E-state index is 12.1. The van der Waals surface area contributed by atoms with E-state index in [0.717, 1.165) is 0 Å². The van der Waals surface area contributed by atoms with E-state index in [4.69, 9.17) is 14.3 Å². The predicted molar refractivity (Wildman–Crippen MR) is 65.6 cm³/mol. The number of aryl methyl sites for hydroxylation is 1. The summed E-state index contributed by atoms with van der Waals surface area (Å²) < 4.78 is 36.8. The standard InChI is InChI=1S/C11H19NO5S/c1-4-9(7-16-3)12-18(14,15)11-5-10(6-13)17-8(11)2/h5,9,12-13H,4,6-7H2,1-3H3. The Kier molecular flexibility index (Phi) is 5.33. The minimum Gasteiger partial charge on any atom is -0.462 e. The summed E-state index contributed by atoms with van der Waals surface area (Å²) in [6.45, 7) is 3.39. The van der Waals surface area contributed by atoms with Crippen LogP contribution in [0.5, 0.6) is 0 Å². The molecule has 1 unspecified atom stereocenters. The summed E-state index contributed by atoms with van der Waals surface area (Å²) in [5.41, 5.74) is 0. The molecule has 0 amide bonds. The minimum absolute atomic E-state index is 0.0566. The quantitative estimate of drug-likeness (QED) is 0.769. The van der Waals surface area contributed by atoms with Gasteiger partial charge in [0.1, 0.15) is 23.0 Å². The van der Waals surface area contributed by atoms with Crippen LogP contribution in [0.25, 0.3) is 0 Å². The summed E-state index contributed by atoms with van der Waals surface area (Å²) in [7, 11) is -2.13. The lowest BCUT2D eigenvalue weighted by atomic mass is 10.3. The highest BCUT2D eigenvalue weighted by atomic mass is 32.2. The van der Waals surface area contributed by atoms with Crippen molar-refractivity contribution in [2.75, 3.05) is 13.7 Å². The van der Waals surface area contributed by atoms with Crippen LogP contribution in [0.15, 0.2) is 15.4 Å². The largest absolute Gasteiger partial charge is 0.462 e. The van der Waals surface area contributed by atoms with Crippen LogP contribution in [0.1, 0.15) is 24.9 Å². The molecule has 0 radical (unpaired) electrons. The molecule has 18 heavy (non-hydrogen) atoms. The number of hydrogen-bond acceptors (Lipinski definition) is 5. The van der Waals surface area contributed by atoms with Crippen LogP contribution in [0, 0.1) is 6.92 Å². The number of rotatable bonds is 7. The molecule has 7 heteroatoms. The highest BCUT2D eigenvalue weighted by Crippen LogP contribution is 2.20. The van der Waals surface area contributed by atoms with Crippen molar-refractivity contribution in [2.45, 2.75) is 37.8 Å². The van der Waals surface area contributed by atoms with Crippen LogP contribution in [0.3, 0.4) is 0 Å². The van der Waals surface area contributed by atoms with E-state index in [1.807, 2.05) is 6.92 Å². The fourth-order valence-electron chi connectivity index (χ4n) is 1.59. The van der Waals surface area contributed by atoms with Gasteiger partial charge >= 0.3 is 0 Å². The lowest BCUT2D eigenvalue weighted by molar-refractivity contribution is 0.173. The first kappa shape index (κ1) is 15.2. The highest BCUT2D eigenvalue weighted by Gasteiger charge is 2.24. The Hall–Kier alpha value is -0.890. The molecule has 1 heterocycles. The number of ether oxygens (including phenoxy) is 1. The smallest absolute Gasteiger partial charge is 0.244 e. The number of hydrogen-bond donors (Lipinski definition) is 2. The lowest BCUT2D eigenvalue weighted by Crippen LogP contribution is -2.37. The number of aliphatic hydroxyl groups excluding tert-OH is 1. The van der Waals surface area contributed by atoms with Crippen molar-refractivity contribution >= 4 is 10.0 Å². The summed E-state index contributed by atoms with van der Waals surface area (Å²) in [5, 5.41) is 8.92. The fraction of sp³-hybridized carbons (Fsp3) is 0.636. The summed E-state index contributed by atoms with van der Waals surface area (Å²) in [6.07, 6.45) is 0.622. The van der Waals surface area contributed by atoms with Crippen LogP contribution in [0.2, 0.25) is 0 Å². The Morgan fingerprint density at radius 3 is 2.67 bits per heavy atom. The number of sulfonamides is 1. The maximum Gasteiger partial charge on any atom is 0.244 e. The molecule has 0 aliphatic rings. The third-order valence-electron chi connectivity index (χ3n) is 2.55. The average molecular weight is 277 g/mol. The Balaban J connectivity index is 2.94. The van der Waals surface area contributed by atoms with Crippen LogP contribution in [0.4, 0.5) is 0 Å². The summed E-state index contributed by atoms with van der Waals surface area (Å²) >= 11 is 0. The van der Waals surface area contributed by atoms with Crippen molar-refractivity contribution in [1.29, 1.82) is 0 Å². The van der Waals surface area contributed by atoms with Crippen molar-refractivity contribution in [3.05, 3.63) is 17.6 Å². The zero-order valence-corrected chi connectivity index (χ0v) is 11.6. The molecule has 0 saturated heterocycles. The fourth-order valence-corrected chi connectivity index (χ4v) is 3.10. The molecule has 1 atom stereocenters. The molecule has 1 aromatic heterocycles. The van der Waals surface area contributed by atoms with Crippen molar-refractivity contribution in [3.8, 4) is 0 Å². The SMILES string of the molecule is CCC(COC)NS(=O)(=O)c1cc(CO)oc1C. The van der Waals surface area contributed by atoms with E-state index >= 15 is 0 Å². The highest BCUT2D eigenvalue weighted by molar-refractivity contribution is 7.89. The van der Waals surface area contributed by atoms with Crippen molar-refractivity contribution in [3.63, 3.8) is 0 Å². The van der Waals surface area contributed by atoms with Gasteiger partial charge in [-0.1, -0.05) is 6.92 Å². The Morgan fingerprint density at radius 2 is 2.22 bits per heavy atom. The van der Waals surface area contributed by atoms with E-state index in [1.54, 1.807) is 6.92 Å². The van der Waals surface area contributed by atoms with Crippen LogP contribution < -0.4 is 4.72 Å². The molecular weight excluding hydrogens is 258 g/mol. The van der Waals surface area contributed by atoms with Crippen LogP contribution >= 0.6 is 0 Å². The second kappa shape index (κ2) is 6.33. The van der Waals surface area contributed by atoms with Crippen molar-refractivity contribution in [2.24, 2.45) is 0 Å². The number of methoxy groups -OCH3 is 1. The molecule has 0 aromatic carbocycles. The van der Waals surface area contributed by atoms with E-state index in [-0.39, 0.29) is 29.1 Å². The Labute approximate surface area is 107 Å². The molecule has 0 saturated carbocycles. The van der Waals surface area contributed by atoms with Gasteiger partial charge in [-0.3, -0.25) is 0 Å². The predicted octanol–water partition coefficient (Wildman–Crippen LogP) is 0.784. The zero-order valence-electron chi connectivity index (χ0n) is 10.8. The van der Waals surface area contributed by atoms with E-state index in [2.05, 4.69) is 4.72 Å². The van der Waals surface area contributed by atoms with E-state index in [1.165, 1.54) is 13.2 Å². The van der Waals surface area contributed by atoms with Crippen molar-refractivity contribution < 1.29 is 22.7 Å². The van der Waals surface area contributed by atoms with Gasteiger partial charge in [-0.2, -0.15) is 0 Å². The third kappa shape index (κ3) is 3.55. The third-order valence-corrected chi connectivity index (χ3v) is 4.18. The molecule has 6 nitrogen and oxygen atoms in total. The van der Waals surface area contributed by atoms with E-state index in [0.29, 0.717) is 13.0 Å². The average Bonchev–Trinajstić information content (AvgIpc) is 2.70. The topological polar surface area (TPSA) is 88.8 Å². The van der Waals surface area contributed by atoms with Gasteiger partial charge in [-0.25, -0.2) is 13.1 Å². The molecule has 1 rings (SSSR count). The number of aliphatic hydroxyl groups is 1. The number of nitrogens with one attached hydrogen (secondary N) is 1. The Bertz CT molecular complexity index is 480. The molecule has 104 valence electrons. The first-order chi connectivity index (χ1) is 8.44. The zero-order chi connectivity index (χ0) is 13.8. The summed E-state index contributed by atoms with van der Waals surface area (Å²) in [5.74, 6) is 0.492. The van der Waals surface area contributed by atoms with Gasteiger partial charge in [-0.05, 0) is 13.3 Å². The van der Waals surface area contributed by atoms with Gasteiger partial charge in [0.05, 0.1) is 6.61 Å². The first-order valence-corrected chi connectivity index (χ1v) is 7.14. The van der Waals surface area contributed by atoms with Gasteiger partial charge in [0, 0.05) is 19.2 Å². The molecule has 0 aliphatic carbocycles. The van der Waals surface area contributed by atoms with Gasteiger partial charge in [0.2, 0.25) is 10.0 Å². The van der Waals surface area contributed by atoms with Gasteiger partial charge in [-0.15, -0.1) is 0 Å². The van der Waals surface area contributed by atoms with Gasteiger partial charge in [0.25, 0.3) is 0 Å². The van der Waals surface area contributed by atoms with E-state index in [9.17, 15) is 8.42 Å². The van der Waals surface area contributed by atoms with Gasteiger partial charge < -0.3 is 14.3 Å². The number of furan rings is 1. The van der Waals surface area contributed by atoms with Gasteiger partial charge in [0.15, 0.2) is 0 Å². The normalized spacial score (nSPS) is 13.8. The molecule has 1 aromatic rings. The maximum atomic E-state index is 12.1. The molecule has 0 fully saturated rings. The summed E-state index contributed by atoms with van der Waals surface area (Å²) in [4.78, 5) is 0.0566. The lowest BCUT2D eigenvalue weighted by Gasteiger charge is -2.15. The van der Waals surface area contributed by atoms with E-state index < -0.39 is 10.0 Å². The van der Waals surface area contributed by atoms with Crippen molar-refractivity contribution in [1.82, 2.24) is 4.72 Å². The molecule has 0 aliphatic heterocycles. The monoisotopic (exact) mass is 277 g/mol. The molecule has 0 spiro atoms. The Morgan fingerprint density at radius 1 is 1.56 bits per heavy atom. The van der Waals surface area contributed by atoms with Crippen LogP contribution in [-0.2, 0) is 21.4 Å². The second-order valence-corrected chi connectivity index (χ2v) is 5.66.